The van der Waals surface area contributed by atoms with Gasteiger partial charge in [-0.1, -0.05) is 6.92 Å². The molecule has 1 amide bonds. The molecule has 0 fully saturated rings. The van der Waals surface area contributed by atoms with E-state index in [2.05, 4.69) is 10.6 Å². The van der Waals surface area contributed by atoms with Crippen LogP contribution in [0, 0.1) is 15.2 Å². The maximum absolute atomic E-state index is 13.1. The highest BCUT2D eigenvalue weighted by Gasteiger charge is 2.14. The van der Waals surface area contributed by atoms with Crippen molar-refractivity contribution in [3.63, 3.8) is 0 Å². The summed E-state index contributed by atoms with van der Waals surface area (Å²) in [6.45, 7) is 5.14. The summed E-state index contributed by atoms with van der Waals surface area (Å²) in [7, 11) is 0. The van der Waals surface area contributed by atoms with Gasteiger partial charge in [0.05, 0.1) is 5.56 Å². The van der Waals surface area contributed by atoms with Crippen LogP contribution in [-0.4, -0.2) is 25.0 Å². The minimum absolute atomic E-state index is 0.127. The number of carbonyl (C=O) groups is 1. The van der Waals surface area contributed by atoms with Crippen LogP contribution in [0.1, 0.15) is 24.2 Å². The van der Waals surface area contributed by atoms with Crippen molar-refractivity contribution in [2.24, 2.45) is 0 Å². The average molecular weight is 368 g/mol. The Morgan fingerprint density at radius 2 is 2.00 bits per heavy atom. The van der Waals surface area contributed by atoms with E-state index >= 15 is 0 Å². The molecule has 0 aliphatic heterocycles. The predicted octanol–water partition coefficient (Wildman–Crippen LogP) is 2.30. The van der Waals surface area contributed by atoms with Crippen molar-refractivity contribution in [3.8, 4) is 0 Å². The molecule has 0 aliphatic carbocycles. The van der Waals surface area contributed by atoms with Crippen LogP contribution in [-0.2, 0) is 0 Å². The molecule has 1 rings (SSSR count). The molecule has 6 heteroatoms. The Kier molecular flexibility index (Phi) is 5.94. The molecule has 18 heavy (non-hydrogen) atoms. The third kappa shape index (κ3) is 4.16. The Morgan fingerprint density at radius 3 is 2.61 bits per heavy atom. The second kappa shape index (κ2) is 6.98. The summed E-state index contributed by atoms with van der Waals surface area (Å²) in [5.74, 6) is -2.36. The molecule has 0 unspecified atom stereocenters. The summed E-state index contributed by atoms with van der Waals surface area (Å²) in [4.78, 5) is 11.8. The van der Waals surface area contributed by atoms with E-state index in [0.717, 1.165) is 18.7 Å². The van der Waals surface area contributed by atoms with Crippen LogP contribution in [0.15, 0.2) is 12.1 Å². The predicted molar refractivity (Wildman–Crippen MR) is 74.5 cm³/mol. The van der Waals surface area contributed by atoms with Crippen molar-refractivity contribution in [3.05, 3.63) is 32.9 Å². The number of carbonyl (C=O) groups excluding carboxylic acids is 1. The van der Waals surface area contributed by atoms with Crippen molar-refractivity contribution in [2.45, 2.75) is 19.9 Å². The molecule has 0 saturated heterocycles. The Morgan fingerprint density at radius 1 is 1.39 bits per heavy atom. The van der Waals surface area contributed by atoms with Gasteiger partial charge >= 0.3 is 0 Å². The average Bonchev–Trinajstić information content (AvgIpc) is 2.31. The van der Waals surface area contributed by atoms with Gasteiger partial charge in [-0.15, -0.1) is 0 Å². The normalized spacial score (nSPS) is 12.3. The van der Waals surface area contributed by atoms with Gasteiger partial charge in [0.1, 0.15) is 0 Å². The van der Waals surface area contributed by atoms with Gasteiger partial charge in [0.25, 0.3) is 5.91 Å². The zero-order valence-electron chi connectivity index (χ0n) is 10.2. The van der Waals surface area contributed by atoms with Crippen molar-refractivity contribution < 1.29 is 13.6 Å². The van der Waals surface area contributed by atoms with Crippen LogP contribution in [0.3, 0.4) is 0 Å². The van der Waals surface area contributed by atoms with E-state index in [9.17, 15) is 13.6 Å². The quantitative estimate of drug-likeness (QED) is 0.619. The molecular formula is C12H15F2IN2O. The molecular weight excluding hydrogens is 353 g/mol. The third-order valence-corrected chi connectivity index (χ3v) is 3.27. The highest BCUT2D eigenvalue weighted by Crippen LogP contribution is 2.16. The number of hydrogen-bond acceptors (Lipinski definition) is 2. The molecule has 0 aromatic heterocycles. The first-order valence-electron chi connectivity index (χ1n) is 5.61. The molecule has 3 nitrogen and oxygen atoms in total. The first-order valence-corrected chi connectivity index (χ1v) is 6.69. The number of nitrogens with one attached hydrogen (secondary N) is 2. The van der Waals surface area contributed by atoms with E-state index in [1.807, 2.05) is 36.4 Å². The lowest BCUT2D eigenvalue weighted by Gasteiger charge is -2.13. The van der Waals surface area contributed by atoms with Gasteiger partial charge in [-0.25, -0.2) is 8.78 Å². The second-order valence-corrected chi connectivity index (χ2v) is 5.08. The molecule has 100 valence electrons. The van der Waals surface area contributed by atoms with Crippen LogP contribution >= 0.6 is 22.6 Å². The SMILES string of the molecule is CCN[C@H](C)CNC(=O)c1cc(F)c(F)cc1I. The number of likely N-dealkylation sites (N-methyl/N-ethyl adjacent to an activating group) is 1. The van der Waals surface area contributed by atoms with Gasteiger partial charge in [0, 0.05) is 16.2 Å². The summed E-state index contributed by atoms with van der Waals surface area (Å²) in [6.07, 6.45) is 0. The fraction of sp³-hybridized carbons (Fsp3) is 0.417. The number of benzene rings is 1. The standard InChI is InChI=1S/C12H15F2IN2O/c1-3-16-7(2)6-17-12(18)8-4-9(13)10(14)5-11(8)15/h4-5,7,16H,3,6H2,1-2H3,(H,17,18)/t7-/m1/s1. The molecule has 0 heterocycles. The van der Waals surface area contributed by atoms with Gasteiger partial charge in [-0.05, 0) is 48.2 Å². The van der Waals surface area contributed by atoms with Gasteiger partial charge < -0.3 is 10.6 Å². The van der Waals surface area contributed by atoms with E-state index in [-0.39, 0.29) is 11.6 Å². The zero-order chi connectivity index (χ0) is 13.7. The summed E-state index contributed by atoms with van der Waals surface area (Å²) in [5, 5.41) is 5.81. The fourth-order valence-electron chi connectivity index (χ4n) is 1.46. The summed E-state index contributed by atoms with van der Waals surface area (Å²) >= 11 is 1.81. The molecule has 0 bridgehead atoms. The molecule has 1 aromatic carbocycles. The van der Waals surface area contributed by atoms with Gasteiger partial charge in [-0.2, -0.15) is 0 Å². The van der Waals surface area contributed by atoms with Crippen molar-refractivity contribution in [1.29, 1.82) is 0 Å². The van der Waals surface area contributed by atoms with Crippen LogP contribution in [0.4, 0.5) is 8.78 Å². The summed E-state index contributed by atoms with van der Waals surface area (Å²) in [6, 6.07) is 2.06. The van der Waals surface area contributed by atoms with Gasteiger partial charge in [0.2, 0.25) is 0 Å². The molecule has 0 aliphatic rings. The lowest BCUT2D eigenvalue weighted by molar-refractivity contribution is 0.0948. The smallest absolute Gasteiger partial charge is 0.252 e. The fourth-order valence-corrected chi connectivity index (χ4v) is 2.13. The molecule has 2 N–H and O–H groups in total. The Balaban J connectivity index is 2.70. The molecule has 0 radical (unpaired) electrons. The lowest BCUT2D eigenvalue weighted by atomic mass is 10.2. The van der Waals surface area contributed by atoms with Crippen molar-refractivity contribution in [1.82, 2.24) is 10.6 Å². The minimum atomic E-state index is -1.01. The maximum Gasteiger partial charge on any atom is 0.252 e. The van der Waals surface area contributed by atoms with E-state index in [1.165, 1.54) is 0 Å². The van der Waals surface area contributed by atoms with Gasteiger partial charge in [0.15, 0.2) is 11.6 Å². The highest BCUT2D eigenvalue weighted by atomic mass is 127. The molecule has 0 spiro atoms. The highest BCUT2D eigenvalue weighted by molar-refractivity contribution is 14.1. The van der Waals surface area contributed by atoms with Crippen molar-refractivity contribution in [2.75, 3.05) is 13.1 Å². The number of hydrogen-bond donors (Lipinski definition) is 2. The zero-order valence-corrected chi connectivity index (χ0v) is 12.3. The molecule has 1 atom stereocenters. The van der Waals surface area contributed by atoms with Gasteiger partial charge in [-0.3, -0.25) is 4.79 Å². The largest absolute Gasteiger partial charge is 0.350 e. The Labute approximate surface area is 118 Å². The first-order chi connectivity index (χ1) is 8.45. The van der Waals surface area contributed by atoms with E-state index in [4.69, 9.17) is 0 Å². The Bertz CT molecular complexity index is 440. The maximum atomic E-state index is 13.1. The topological polar surface area (TPSA) is 41.1 Å². The van der Waals surface area contributed by atoms with E-state index in [1.54, 1.807) is 0 Å². The minimum Gasteiger partial charge on any atom is -0.350 e. The van der Waals surface area contributed by atoms with Crippen LogP contribution in [0.5, 0.6) is 0 Å². The van der Waals surface area contributed by atoms with E-state index < -0.39 is 17.5 Å². The van der Waals surface area contributed by atoms with E-state index in [0.29, 0.717) is 10.1 Å². The van der Waals surface area contributed by atoms with Crippen molar-refractivity contribution >= 4 is 28.5 Å². The number of amides is 1. The lowest BCUT2D eigenvalue weighted by Crippen LogP contribution is -2.39. The first kappa shape index (κ1) is 15.3. The third-order valence-electron chi connectivity index (χ3n) is 2.38. The monoisotopic (exact) mass is 368 g/mol. The van der Waals surface area contributed by atoms with Crippen LogP contribution in [0.25, 0.3) is 0 Å². The molecule has 0 saturated carbocycles. The van der Waals surface area contributed by atoms with Crippen LogP contribution < -0.4 is 10.6 Å². The van der Waals surface area contributed by atoms with Crippen LogP contribution in [0.2, 0.25) is 0 Å². The summed E-state index contributed by atoms with van der Waals surface area (Å²) in [5.41, 5.74) is 0.151. The number of halogens is 3. The summed E-state index contributed by atoms with van der Waals surface area (Å²) < 4.78 is 26.4. The molecule has 1 aromatic rings. The Hall–Kier alpha value is -0.760. The number of rotatable bonds is 5. The second-order valence-electron chi connectivity index (χ2n) is 3.91.